The summed E-state index contributed by atoms with van der Waals surface area (Å²) in [6.07, 6.45) is 7.72. The first-order valence-electron chi connectivity index (χ1n) is 7.08. The lowest BCUT2D eigenvalue weighted by atomic mass is 9.91. The summed E-state index contributed by atoms with van der Waals surface area (Å²) < 4.78 is 0. The molecule has 0 aromatic heterocycles. The standard InChI is InChI=1S/C16H27N/c1-3-5-9-14(4-2)12-13-16(17)15-10-7-6-8-11-15/h6-8,10-11,14,16H,3-5,9,12-13,17H2,1-2H3. The van der Waals surface area contributed by atoms with Crippen molar-refractivity contribution in [1.82, 2.24) is 0 Å². The van der Waals surface area contributed by atoms with E-state index >= 15 is 0 Å². The van der Waals surface area contributed by atoms with Gasteiger partial charge >= 0.3 is 0 Å². The Morgan fingerprint density at radius 2 is 1.71 bits per heavy atom. The molecule has 2 unspecified atom stereocenters. The second-order valence-corrected chi connectivity index (χ2v) is 5.01. The van der Waals surface area contributed by atoms with Gasteiger partial charge in [0, 0.05) is 6.04 Å². The van der Waals surface area contributed by atoms with Crippen molar-refractivity contribution in [2.45, 2.75) is 58.4 Å². The number of hydrogen-bond donors (Lipinski definition) is 1. The molecule has 0 aliphatic rings. The van der Waals surface area contributed by atoms with E-state index in [0.717, 1.165) is 12.3 Å². The van der Waals surface area contributed by atoms with Crippen molar-refractivity contribution >= 4 is 0 Å². The Kier molecular flexibility index (Phi) is 6.95. The molecule has 1 heteroatoms. The molecule has 0 saturated carbocycles. The summed E-state index contributed by atoms with van der Waals surface area (Å²) in [5.74, 6) is 0.865. The first kappa shape index (κ1) is 14.2. The van der Waals surface area contributed by atoms with Crippen LogP contribution in [0, 0.1) is 5.92 Å². The van der Waals surface area contributed by atoms with Crippen LogP contribution in [0.3, 0.4) is 0 Å². The van der Waals surface area contributed by atoms with Crippen LogP contribution in [0.2, 0.25) is 0 Å². The lowest BCUT2D eigenvalue weighted by Crippen LogP contribution is -2.12. The van der Waals surface area contributed by atoms with Gasteiger partial charge in [-0.15, -0.1) is 0 Å². The van der Waals surface area contributed by atoms with E-state index < -0.39 is 0 Å². The second-order valence-electron chi connectivity index (χ2n) is 5.01. The smallest absolute Gasteiger partial charge is 0.0294 e. The molecular weight excluding hydrogens is 206 g/mol. The summed E-state index contributed by atoms with van der Waals surface area (Å²) in [6, 6.07) is 10.7. The van der Waals surface area contributed by atoms with Gasteiger partial charge < -0.3 is 5.73 Å². The molecule has 0 heterocycles. The minimum absolute atomic E-state index is 0.215. The summed E-state index contributed by atoms with van der Waals surface area (Å²) in [7, 11) is 0. The first-order valence-corrected chi connectivity index (χ1v) is 7.08. The molecule has 1 aromatic rings. The molecule has 2 atom stereocenters. The van der Waals surface area contributed by atoms with Crippen LogP contribution in [0.5, 0.6) is 0 Å². The second kappa shape index (κ2) is 8.30. The number of hydrogen-bond acceptors (Lipinski definition) is 1. The molecule has 0 saturated heterocycles. The fourth-order valence-corrected chi connectivity index (χ4v) is 2.33. The van der Waals surface area contributed by atoms with Gasteiger partial charge in [0.1, 0.15) is 0 Å². The van der Waals surface area contributed by atoms with Gasteiger partial charge in [-0.3, -0.25) is 0 Å². The van der Waals surface area contributed by atoms with Crippen LogP contribution in [0.4, 0.5) is 0 Å². The van der Waals surface area contributed by atoms with E-state index in [1.807, 2.05) is 6.07 Å². The van der Waals surface area contributed by atoms with E-state index in [4.69, 9.17) is 5.73 Å². The van der Waals surface area contributed by atoms with Gasteiger partial charge in [-0.05, 0) is 24.3 Å². The summed E-state index contributed by atoms with van der Waals surface area (Å²) in [6.45, 7) is 4.57. The van der Waals surface area contributed by atoms with Gasteiger partial charge in [0.15, 0.2) is 0 Å². The Labute approximate surface area is 106 Å². The van der Waals surface area contributed by atoms with Crippen LogP contribution in [0.25, 0.3) is 0 Å². The van der Waals surface area contributed by atoms with Gasteiger partial charge in [0.05, 0.1) is 0 Å². The minimum atomic E-state index is 0.215. The zero-order valence-electron chi connectivity index (χ0n) is 11.4. The van der Waals surface area contributed by atoms with E-state index in [2.05, 4.69) is 38.1 Å². The molecule has 1 nitrogen and oxygen atoms in total. The lowest BCUT2D eigenvalue weighted by Gasteiger charge is -2.17. The molecule has 0 amide bonds. The first-order chi connectivity index (χ1) is 8.27. The highest BCUT2D eigenvalue weighted by Gasteiger charge is 2.10. The van der Waals surface area contributed by atoms with Crippen molar-refractivity contribution in [3.8, 4) is 0 Å². The zero-order valence-corrected chi connectivity index (χ0v) is 11.4. The number of benzene rings is 1. The van der Waals surface area contributed by atoms with E-state index in [1.54, 1.807) is 0 Å². The van der Waals surface area contributed by atoms with Crippen LogP contribution in [0.1, 0.15) is 64.0 Å². The van der Waals surface area contributed by atoms with Gasteiger partial charge in [0.25, 0.3) is 0 Å². The van der Waals surface area contributed by atoms with E-state index in [1.165, 1.54) is 37.7 Å². The van der Waals surface area contributed by atoms with Gasteiger partial charge in [-0.2, -0.15) is 0 Å². The molecule has 0 aliphatic carbocycles. The van der Waals surface area contributed by atoms with E-state index in [-0.39, 0.29) is 6.04 Å². The predicted octanol–water partition coefficient (Wildman–Crippen LogP) is 4.68. The topological polar surface area (TPSA) is 26.0 Å². The number of unbranched alkanes of at least 4 members (excludes halogenated alkanes) is 1. The molecule has 1 rings (SSSR count). The van der Waals surface area contributed by atoms with Crippen LogP contribution in [0.15, 0.2) is 30.3 Å². The largest absolute Gasteiger partial charge is 0.324 e. The Bertz CT molecular complexity index is 281. The summed E-state index contributed by atoms with van der Waals surface area (Å²) in [5.41, 5.74) is 7.50. The van der Waals surface area contributed by atoms with Gasteiger partial charge in [0.2, 0.25) is 0 Å². The maximum atomic E-state index is 6.23. The van der Waals surface area contributed by atoms with Crippen LogP contribution in [-0.4, -0.2) is 0 Å². The SMILES string of the molecule is CCCCC(CC)CCC(N)c1ccccc1. The molecular formula is C16H27N. The van der Waals surface area contributed by atoms with Gasteiger partial charge in [-0.25, -0.2) is 0 Å². The van der Waals surface area contributed by atoms with Crippen LogP contribution in [-0.2, 0) is 0 Å². The normalized spacial score (nSPS) is 14.5. The molecule has 0 bridgehead atoms. The molecule has 0 spiro atoms. The highest BCUT2D eigenvalue weighted by Crippen LogP contribution is 2.23. The monoisotopic (exact) mass is 233 g/mol. The average Bonchev–Trinajstić information content (AvgIpc) is 2.39. The summed E-state index contributed by atoms with van der Waals surface area (Å²) in [4.78, 5) is 0. The van der Waals surface area contributed by atoms with Crippen molar-refractivity contribution in [1.29, 1.82) is 0 Å². The number of rotatable bonds is 8. The molecule has 1 aromatic carbocycles. The summed E-state index contributed by atoms with van der Waals surface area (Å²) >= 11 is 0. The third-order valence-electron chi connectivity index (χ3n) is 3.66. The molecule has 96 valence electrons. The Morgan fingerprint density at radius 3 is 2.29 bits per heavy atom. The molecule has 0 radical (unpaired) electrons. The van der Waals surface area contributed by atoms with Crippen molar-refractivity contribution in [2.75, 3.05) is 0 Å². The van der Waals surface area contributed by atoms with Crippen molar-refractivity contribution in [3.63, 3.8) is 0 Å². The molecule has 0 aliphatic heterocycles. The maximum absolute atomic E-state index is 6.23. The van der Waals surface area contributed by atoms with Crippen LogP contribution >= 0.6 is 0 Å². The zero-order chi connectivity index (χ0) is 12.5. The summed E-state index contributed by atoms with van der Waals surface area (Å²) in [5, 5.41) is 0. The van der Waals surface area contributed by atoms with Crippen molar-refractivity contribution < 1.29 is 0 Å². The van der Waals surface area contributed by atoms with Crippen molar-refractivity contribution in [2.24, 2.45) is 11.7 Å². The highest BCUT2D eigenvalue weighted by molar-refractivity contribution is 5.18. The third kappa shape index (κ3) is 5.36. The molecule has 0 fully saturated rings. The van der Waals surface area contributed by atoms with Gasteiger partial charge in [-0.1, -0.05) is 69.9 Å². The number of nitrogens with two attached hydrogens (primary N) is 1. The minimum Gasteiger partial charge on any atom is -0.324 e. The fraction of sp³-hybridized carbons (Fsp3) is 0.625. The van der Waals surface area contributed by atoms with Crippen molar-refractivity contribution in [3.05, 3.63) is 35.9 Å². The van der Waals surface area contributed by atoms with E-state index in [0.29, 0.717) is 0 Å². The molecule has 2 N–H and O–H groups in total. The third-order valence-corrected chi connectivity index (χ3v) is 3.66. The average molecular weight is 233 g/mol. The Morgan fingerprint density at radius 1 is 1.00 bits per heavy atom. The predicted molar refractivity (Wildman–Crippen MR) is 75.9 cm³/mol. The Hall–Kier alpha value is -0.820. The highest BCUT2D eigenvalue weighted by atomic mass is 14.6. The molecule has 17 heavy (non-hydrogen) atoms. The van der Waals surface area contributed by atoms with E-state index in [9.17, 15) is 0 Å². The maximum Gasteiger partial charge on any atom is 0.0294 e. The Balaban J connectivity index is 2.33. The van der Waals surface area contributed by atoms with Crippen LogP contribution < -0.4 is 5.73 Å². The quantitative estimate of drug-likeness (QED) is 0.693. The lowest BCUT2D eigenvalue weighted by molar-refractivity contribution is 0.393. The fourth-order valence-electron chi connectivity index (χ4n) is 2.33.